The molecule has 0 aliphatic heterocycles. The number of carbonyl (C=O) groups excluding carboxylic acids is 2. The third-order valence-corrected chi connectivity index (χ3v) is 3.55. The highest BCUT2D eigenvalue weighted by Gasteiger charge is 2.20. The van der Waals surface area contributed by atoms with Gasteiger partial charge in [0.05, 0.1) is 0 Å². The minimum Gasteiger partial charge on any atom is -0.508 e. The first-order chi connectivity index (χ1) is 12.8. The maximum atomic E-state index is 12.6. The highest BCUT2D eigenvalue weighted by molar-refractivity contribution is 5.90. The minimum atomic E-state index is -0.827. The lowest BCUT2D eigenvalue weighted by Gasteiger charge is -2.10. The van der Waals surface area contributed by atoms with Crippen molar-refractivity contribution >= 4 is 22.9 Å². The molecule has 1 heterocycles. The molecule has 0 bridgehead atoms. The van der Waals surface area contributed by atoms with Crippen molar-refractivity contribution in [2.75, 3.05) is 0 Å². The zero-order chi connectivity index (χ0) is 19.7. The lowest BCUT2D eigenvalue weighted by Crippen LogP contribution is -2.08. The van der Waals surface area contributed by atoms with Crippen molar-refractivity contribution in [3.63, 3.8) is 0 Å². The number of phenolic OH excluding ortho intramolecular Hbond substituents is 1. The minimum absolute atomic E-state index is 0.0758. The van der Waals surface area contributed by atoms with Crippen LogP contribution < -0.4 is 14.9 Å². The SMILES string of the molecule is CC(=O)Oc1ccc(-c2oc3cc(O)cc(OC(C)=O)c3c(=O)c2O)cc1. The van der Waals surface area contributed by atoms with Gasteiger partial charge in [-0.25, -0.2) is 0 Å². The molecule has 0 aliphatic carbocycles. The van der Waals surface area contributed by atoms with E-state index in [9.17, 15) is 24.6 Å². The number of esters is 2. The molecule has 3 aromatic rings. The third-order valence-electron chi connectivity index (χ3n) is 3.55. The van der Waals surface area contributed by atoms with Crippen molar-refractivity contribution in [1.82, 2.24) is 0 Å². The highest BCUT2D eigenvalue weighted by atomic mass is 16.5. The van der Waals surface area contributed by atoms with Crippen LogP contribution in [0.2, 0.25) is 0 Å². The van der Waals surface area contributed by atoms with Crippen LogP contribution in [-0.4, -0.2) is 22.2 Å². The first kappa shape index (κ1) is 18.0. The molecule has 0 atom stereocenters. The molecule has 2 aromatic carbocycles. The summed E-state index contributed by atoms with van der Waals surface area (Å²) >= 11 is 0. The van der Waals surface area contributed by atoms with Crippen LogP contribution in [0.4, 0.5) is 0 Å². The molecule has 2 N–H and O–H groups in total. The topological polar surface area (TPSA) is 123 Å². The number of phenols is 1. The number of rotatable bonds is 3. The molecule has 27 heavy (non-hydrogen) atoms. The van der Waals surface area contributed by atoms with Crippen LogP contribution in [0.15, 0.2) is 45.6 Å². The standard InChI is InChI=1S/C19H14O8/c1-9(20)25-13-5-3-11(4-6-13)19-18(24)17(23)16-14(26-10(2)21)7-12(22)8-15(16)27-19/h3-8,22,24H,1-2H3. The van der Waals surface area contributed by atoms with Gasteiger partial charge in [0.1, 0.15) is 28.2 Å². The van der Waals surface area contributed by atoms with Crippen LogP contribution in [0.1, 0.15) is 13.8 Å². The van der Waals surface area contributed by atoms with E-state index in [-0.39, 0.29) is 34.0 Å². The number of ether oxygens (including phenoxy) is 2. The zero-order valence-corrected chi connectivity index (χ0v) is 14.3. The predicted molar refractivity (Wildman–Crippen MR) is 93.9 cm³/mol. The monoisotopic (exact) mass is 370 g/mol. The molecule has 8 nitrogen and oxygen atoms in total. The molecule has 0 saturated heterocycles. The van der Waals surface area contributed by atoms with Gasteiger partial charge < -0.3 is 24.1 Å². The van der Waals surface area contributed by atoms with Gasteiger partial charge in [0.25, 0.3) is 0 Å². The average molecular weight is 370 g/mol. The maximum absolute atomic E-state index is 12.6. The van der Waals surface area contributed by atoms with E-state index in [0.29, 0.717) is 5.56 Å². The molecule has 0 spiro atoms. The van der Waals surface area contributed by atoms with Crippen molar-refractivity contribution in [1.29, 1.82) is 0 Å². The lowest BCUT2D eigenvalue weighted by atomic mass is 10.1. The highest BCUT2D eigenvalue weighted by Crippen LogP contribution is 2.36. The molecule has 0 fully saturated rings. The number of hydrogen-bond acceptors (Lipinski definition) is 8. The Hall–Kier alpha value is -3.81. The van der Waals surface area contributed by atoms with E-state index in [2.05, 4.69) is 0 Å². The van der Waals surface area contributed by atoms with Crippen LogP contribution >= 0.6 is 0 Å². The van der Waals surface area contributed by atoms with Crippen LogP contribution in [0.5, 0.6) is 23.0 Å². The number of hydrogen-bond donors (Lipinski definition) is 2. The van der Waals surface area contributed by atoms with E-state index in [4.69, 9.17) is 13.9 Å². The first-order valence-electron chi connectivity index (χ1n) is 7.76. The van der Waals surface area contributed by atoms with Crippen molar-refractivity contribution in [3.05, 3.63) is 46.6 Å². The number of benzene rings is 2. The second-order valence-corrected chi connectivity index (χ2v) is 5.64. The Kier molecular flexibility index (Phi) is 4.55. The van der Waals surface area contributed by atoms with E-state index in [0.717, 1.165) is 13.0 Å². The van der Waals surface area contributed by atoms with Crippen molar-refractivity contribution in [2.24, 2.45) is 0 Å². The molecule has 0 saturated carbocycles. The van der Waals surface area contributed by atoms with E-state index in [1.54, 1.807) is 0 Å². The Morgan fingerprint density at radius 2 is 1.59 bits per heavy atom. The zero-order valence-electron chi connectivity index (χ0n) is 14.3. The van der Waals surface area contributed by atoms with Crippen LogP contribution in [0, 0.1) is 0 Å². The van der Waals surface area contributed by atoms with Gasteiger partial charge in [-0.1, -0.05) is 0 Å². The quantitative estimate of drug-likeness (QED) is 0.533. The van der Waals surface area contributed by atoms with Gasteiger partial charge in [0.2, 0.25) is 11.2 Å². The molecule has 0 amide bonds. The summed E-state index contributed by atoms with van der Waals surface area (Å²) in [4.78, 5) is 34.8. The largest absolute Gasteiger partial charge is 0.508 e. The summed E-state index contributed by atoms with van der Waals surface area (Å²) in [5.41, 5.74) is -0.570. The molecule has 1 aromatic heterocycles. The number of fused-ring (bicyclic) bond motifs is 1. The molecule has 0 unspecified atom stereocenters. The van der Waals surface area contributed by atoms with E-state index >= 15 is 0 Å². The number of aromatic hydroxyl groups is 2. The molecular weight excluding hydrogens is 356 g/mol. The smallest absolute Gasteiger partial charge is 0.308 e. The summed E-state index contributed by atoms with van der Waals surface area (Å²) in [6.45, 7) is 2.39. The third kappa shape index (κ3) is 3.59. The summed E-state index contributed by atoms with van der Waals surface area (Å²) in [6.07, 6.45) is 0. The van der Waals surface area contributed by atoms with Gasteiger partial charge in [0, 0.05) is 31.5 Å². The average Bonchev–Trinajstić information content (AvgIpc) is 2.57. The van der Waals surface area contributed by atoms with Crippen molar-refractivity contribution in [3.8, 4) is 34.3 Å². The summed E-state index contributed by atoms with van der Waals surface area (Å²) in [7, 11) is 0. The fourth-order valence-electron chi connectivity index (χ4n) is 2.53. The van der Waals surface area contributed by atoms with E-state index < -0.39 is 23.1 Å². The van der Waals surface area contributed by atoms with Gasteiger partial charge in [-0.3, -0.25) is 14.4 Å². The Bertz CT molecular complexity index is 1110. The second kappa shape index (κ2) is 6.83. The summed E-state index contributed by atoms with van der Waals surface area (Å²) in [5.74, 6) is -2.27. The first-order valence-corrected chi connectivity index (χ1v) is 7.76. The predicted octanol–water partition coefficient (Wildman–Crippen LogP) is 2.72. The van der Waals surface area contributed by atoms with Gasteiger partial charge in [-0.05, 0) is 24.3 Å². The van der Waals surface area contributed by atoms with E-state index in [1.165, 1.54) is 37.3 Å². The van der Waals surface area contributed by atoms with Gasteiger partial charge in [0.15, 0.2) is 5.76 Å². The Morgan fingerprint density at radius 3 is 2.19 bits per heavy atom. The summed E-state index contributed by atoms with van der Waals surface area (Å²) < 4.78 is 15.4. The molecule has 138 valence electrons. The van der Waals surface area contributed by atoms with Gasteiger partial charge >= 0.3 is 11.9 Å². The fraction of sp³-hybridized carbons (Fsp3) is 0.105. The molecule has 8 heteroatoms. The van der Waals surface area contributed by atoms with Crippen LogP contribution in [-0.2, 0) is 9.59 Å². The maximum Gasteiger partial charge on any atom is 0.308 e. The Labute approximate surface area is 152 Å². The van der Waals surface area contributed by atoms with Gasteiger partial charge in [-0.15, -0.1) is 0 Å². The normalized spacial score (nSPS) is 10.6. The second-order valence-electron chi connectivity index (χ2n) is 5.64. The van der Waals surface area contributed by atoms with E-state index in [1.807, 2.05) is 0 Å². The molecular formula is C19H14O8. The Morgan fingerprint density at radius 1 is 0.963 bits per heavy atom. The molecule has 3 rings (SSSR count). The molecule has 0 radical (unpaired) electrons. The summed E-state index contributed by atoms with van der Waals surface area (Å²) in [6, 6.07) is 8.14. The van der Waals surface area contributed by atoms with Gasteiger partial charge in [-0.2, -0.15) is 0 Å². The molecule has 0 aliphatic rings. The number of carbonyl (C=O) groups is 2. The van der Waals surface area contributed by atoms with Crippen LogP contribution in [0.25, 0.3) is 22.3 Å². The lowest BCUT2D eigenvalue weighted by molar-refractivity contribution is -0.132. The Balaban J connectivity index is 2.18. The van der Waals surface area contributed by atoms with Crippen molar-refractivity contribution in [2.45, 2.75) is 13.8 Å². The van der Waals surface area contributed by atoms with Crippen LogP contribution in [0.3, 0.4) is 0 Å². The summed E-state index contributed by atoms with van der Waals surface area (Å²) in [5, 5.41) is 19.9. The fourth-order valence-corrected chi connectivity index (χ4v) is 2.53. The van der Waals surface area contributed by atoms with Crippen molar-refractivity contribution < 1.29 is 33.7 Å².